The highest BCUT2D eigenvalue weighted by atomic mass is 35.5. The maximum atomic E-state index is 13.0. The highest BCUT2D eigenvalue weighted by Crippen LogP contribution is 2.31. The summed E-state index contributed by atoms with van der Waals surface area (Å²) in [5, 5.41) is 3.77. The Balaban J connectivity index is 1.97. The van der Waals surface area contributed by atoms with E-state index < -0.39 is 0 Å². The van der Waals surface area contributed by atoms with Gasteiger partial charge in [-0.3, -0.25) is 14.5 Å². The van der Waals surface area contributed by atoms with E-state index in [1.54, 1.807) is 24.3 Å². The Morgan fingerprint density at radius 3 is 2.07 bits per heavy atom. The first-order valence-electron chi connectivity index (χ1n) is 9.98. The molecule has 1 N–H and O–H groups in total. The molecule has 29 heavy (non-hydrogen) atoms. The summed E-state index contributed by atoms with van der Waals surface area (Å²) in [7, 11) is 0. The molecule has 3 rings (SSSR count). The van der Waals surface area contributed by atoms with Gasteiger partial charge in [0, 0.05) is 36.0 Å². The van der Waals surface area contributed by atoms with Crippen LogP contribution < -0.4 is 10.2 Å². The van der Waals surface area contributed by atoms with Crippen LogP contribution in [-0.2, 0) is 9.59 Å². The number of carbonyl (C=O) groups excluding carboxylic acids is 2. The van der Waals surface area contributed by atoms with E-state index in [2.05, 4.69) is 24.1 Å². The van der Waals surface area contributed by atoms with Gasteiger partial charge in [-0.25, -0.2) is 0 Å². The lowest BCUT2D eigenvalue weighted by Crippen LogP contribution is -2.33. The molecule has 5 nitrogen and oxygen atoms in total. The average molecular weight is 412 g/mol. The number of imide groups is 1. The van der Waals surface area contributed by atoms with Gasteiger partial charge in [-0.2, -0.15) is 0 Å². The Bertz CT molecular complexity index is 916. The van der Waals surface area contributed by atoms with E-state index in [1.807, 2.05) is 31.2 Å². The number of hydrogen-bond donors (Lipinski definition) is 1. The van der Waals surface area contributed by atoms with Crippen molar-refractivity contribution in [2.24, 2.45) is 0 Å². The van der Waals surface area contributed by atoms with E-state index >= 15 is 0 Å². The summed E-state index contributed by atoms with van der Waals surface area (Å²) in [6.07, 6.45) is 0.706. The van der Waals surface area contributed by atoms with Crippen molar-refractivity contribution in [2.45, 2.75) is 27.2 Å². The van der Waals surface area contributed by atoms with Gasteiger partial charge in [0.1, 0.15) is 5.70 Å². The quantitative estimate of drug-likeness (QED) is 0.634. The molecule has 0 saturated heterocycles. The molecule has 0 saturated carbocycles. The van der Waals surface area contributed by atoms with Crippen LogP contribution in [0.2, 0.25) is 5.02 Å². The smallest absolute Gasteiger partial charge is 0.278 e. The lowest BCUT2D eigenvalue weighted by molar-refractivity contribution is -0.136. The van der Waals surface area contributed by atoms with E-state index in [1.165, 1.54) is 4.90 Å². The molecule has 152 valence electrons. The lowest BCUT2D eigenvalue weighted by Gasteiger charge is -2.21. The first kappa shape index (κ1) is 20.9. The zero-order chi connectivity index (χ0) is 21.0. The summed E-state index contributed by atoms with van der Waals surface area (Å²) in [4.78, 5) is 29.5. The standard InChI is InChI=1S/C23H26ClN3O2/c1-4-15-27-22(28)20(16-7-9-17(24)10-8-16)21(23(27)29)25-18-11-13-19(14-12-18)26(5-2)6-3/h7-14,25H,4-6,15H2,1-3H3. The van der Waals surface area contributed by atoms with Gasteiger partial charge in [-0.1, -0.05) is 30.7 Å². The zero-order valence-corrected chi connectivity index (χ0v) is 17.8. The van der Waals surface area contributed by atoms with Crippen LogP contribution in [0.15, 0.2) is 54.2 Å². The topological polar surface area (TPSA) is 52.7 Å². The van der Waals surface area contributed by atoms with Crippen LogP contribution >= 0.6 is 11.6 Å². The molecule has 0 radical (unpaired) electrons. The Morgan fingerprint density at radius 1 is 0.897 bits per heavy atom. The predicted molar refractivity (Wildman–Crippen MR) is 119 cm³/mol. The monoisotopic (exact) mass is 411 g/mol. The molecular formula is C23H26ClN3O2. The van der Waals surface area contributed by atoms with Gasteiger partial charge in [0.2, 0.25) is 0 Å². The van der Waals surface area contributed by atoms with E-state index in [9.17, 15) is 9.59 Å². The first-order valence-corrected chi connectivity index (χ1v) is 10.4. The second-order valence-electron chi connectivity index (χ2n) is 6.86. The van der Waals surface area contributed by atoms with Gasteiger partial charge >= 0.3 is 0 Å². The fraction of sp³-hybridized carbons (Fsp3) is 0.304. The van der Waals surface area contributed by atoms with E-state index in [0.29, 0.717) is 34.8 Å². The van der Waals surface area contributed by atoms with Gasteiger partial charge in [-0.05, 0) is 62.2 Å². The van der Waals surface area contributed by atoms with Gasteiger partial charge < -0.3 is 10.2 Å². The third-order valence-corrected chi connectivity index (χ3v) is 5.27. The number of rotatable bonds is 8. The summed E-state index contributed by atoms with van der Waals surface area (Å²) in [5.41, 5.74) is 3.25. The minimum Gasteiger partial charge on any atom is -0.372 e. The second kappa shape index (κ2) is 9.14. The molecule has 2 aromatic carbocycles. The number of nitrogens with zero attached hydrogens (tertiary/aromatic N) is 2. The third-order valence-electron chi connectivity index (χ3n) is 5.01. The first-order chi connectivity index (χ1) is 14.0. The van der Waals surface area contributed by atoms with Crippen molar-refractivity contribution in [3.05, 3.63) is 64.8 Å². The third kappa shape index (κ3) is 4.30. The number of nitrogens with one attached hydrogen (secondary N) is 1. The van der Waals surface area contributed by atoms with Crippen LogP contribution in [0.4, 0.5) is 11.4 Å². The van der Waals surface area contributed by atoms with Crippen molar-refractivity contribution in [2.75, 3.05) is 29.9 Å². The molecule has 0 atom stereocenters. The van der Waals surface area contributed by atoms with Crippen molar-refractivity contribution in [3.8, 4) is 0 Å². The van der Waals surface area contributed by atoms with Crippen molar-refractivity contribution in [1.29, 1.82) is 0 Å². The molecule has 0 fully saturated rings. The van der Waals surface area contributed by atoms with Crippen LogP contribution in [0.25, 0.3) is 5.57 Å². The van der Waals surface area contributed by atoms with Gasteiger partial charge in [0.05, 0.1) is 5.57 Å². The minimum atomic E-state index is -0.297. The Morgan fingerprint density at radius 2 is 1.52 bits per heavy atom. The molecule has 0 unspecified atom stereocenters. The van der Waals surface area contributed by atoms with Crippen LogP contribution in [0.3, 0.4) is 0 Å². The van der Waals surface area contributed by atoms with Crippen molar-refractivity contribution in [3.63, 3.8) is 0 Å². The highest BCUT2D eigenvalue weighted by molar-refractivity contribution is 6.36. The zero-order valence-electron chi connectivity index (χ0n) is 17.0. The number of hydrogen-bond acceptors (Lipinski definition) is 4. The van der Waals surface area contributed by atoms with Crippen LogP contribution in [0, 0.1) is 0 Å². The normalized spacial score (nSPS) is 14.0. The molecule has 0 aromatic heterocycles. The summed E-state index contributed by atoms with van der Waals surface area (Å²) in [6.45, 7) is 8.41. The molecule has 6 heteroatoms. The fourth-order valence-electron chi connectivity index (χ4n) is 3.49. The van der Waals surface area contributed by atoms with Crippen LogP contribution in [-0.4, -0.2) is 36.3 Å². The summed E-state index contributed by atoms with van der Waals surface area (Å²) >= 11 is 5.99. The van der Waals surface area contributed by atoms with Gasteiger partial charge in [-0.15, -0.1) is 0 Å². The van der Waals surface area contributed by atoms with E-state index in [-0.39, 0.29) is 11.8 Å². The molecule has 2 amide bonds. The molecule has 0 spiro atoms. The average Bonchev–Trinajstić information content (AvgIpc) is 2.95. The summed E-state index contributed by atoms with van der Waals surface area (Å²) in [5.74, 6) is -0.573. The number of anilines is 2. The number of halogens is 1. The lowest BCUT2D eigenvalue weighted by atomic mass is 10.0. The van der Waals surface area contributed by atoms with Gasteiger partial charge in [0.25, 0.3) is 11.8 Å². The Labute approximate surface area is 177 Å². The maximum absolute atomic E-state index is 13.0. The fourth-order valence-corrected chi connectivity index (χ4v) is 3.62. The highest BCUT2D eigenvalue weighted by Gasteiger charge is 2.38. The van der Waals surface area contributed by atoms with Crippen LogP contribution in [0.5, 0.6) is 0 Å². The molecule has 2 aromatic rings. The SMILES string of the molecule is CCCN1C(=O)C(Nc2ccc(N(CC)CC)cc2)=C(c2ccc(Cl)cc2)C1=O. The van der Waals surface area contributed by atoms with Crippen LogP contribution in [0.1, 0.15) is 32.8 Å². The number of amides is 2. The minimum absolute atomic E-state index is 0.276. The second-order valence-corrected chi connectivity index (χ2v) is 7.30. The Hall–Kier alpha value is -2.79. The van der Waals surface area contributed by atoms with Crippen molar-refractivity contribution in [1.82, 2.24) is 4.90 Å². The predicted octanol–water partition coefficient (Wildman–Crippen LogP) is 4.79. The summed E-state index contributed by atoms with van der Waals surface area (Å²) in [6, 6.07) is 14.9. The van der Waals surface area contributed by atoms with Crippen molar-refractivity contribution < 1.29 is 9.59 Å². The molecule has 1 aliphatic heterocycles. The molecule has 1 heterocycles. The van der Waals surface area contributed by atoms with Gasteiger partial charge in [0.15, 0.2) is 0 Å². The number of benzene rings is 2. The maximum Gasteiger partial charge on any atom is 0.278 e. The molecule has 0 aliphatic carbocycles. The summed E-state index contributed by atoms with van der Waals surface area (Å²) < 4.78 is 0. The molecule has 1 aliphatic rings. The van der Waals surface area contributed by atoms with Crippen molar-refractivity contribution >= 4 is 40.4 Å². The van der Waals surface area contributed by atoms with E-state index in [4.69, 9.17) is 11.6 Å². The molecule has 0 bridgehead atoms. The molecular weight excluding hydrogens is 386 g/mol. The largest absolute Gasteiger partial charge is 0.372 e. The Kier molecular flexibility index (Phi) is 6.60. The number of carbonyl (C=O) groups is 2. The van der Waals surface area contributed by atoms with E-state index in [0.717, 1.165) is 24.5 Å².